The molecule has 1 amide bonds. The van der Waals surface area contributed by atoms with Crippen LogP contribution in [0.15, 0.2) is 83.5 Å². The summed E-state index contributed by atoms with van der Waals surface area (Å²) in [4.78, 5) is 19.4. The Bertz CT molecular complexity index is 1140. The van der Waals surface area contributed by atoms with Crippen molar-refractivity contribution in [3.63, 3.8) is 0 Å². The average Bonchev–Trinajstić information content (AvgIpc) is 3.05. The Morgan fingerprint density at radius 1 is 1.00 bits per heavy atom. The van der Waals surface area contributed by atoms with E-state index in [4.69, 9.17) is 0 Å². The van der Waals surface area contributed by atoms with Gasteiger partial charge in [0.05, 0.1) is 5.69 Å². The van der Waals surface area contributed by atoms with Gasteiger partial charge in [-0.3, -0.25) is 9.69 Å². The number of benzene rings is 3. The minimum absolute atomic E-state index is 0.214. The van der Waals surface area contributed by atoms with E-state index in [1.54, 1.807) is 23.1 Å². The van der Waals surface area contributed by atoms with Crippen LogP contribution in [0, 0.1) is 19.7 Å². The number of amidine groups is 1. The van der Waals surface area contributed by atoms with Crippen molar-refractivity contribution in [3.05, 3.63) is 107 Å². The molecule has 0 fully saturated rings. The number of hydrogen-bond donors (Lipinski definition) is 0. The van der Waals surface area contributed by atoms with Crippen molar-refractivity contribution < 1.29 is 9.18 Å². The maximum atomic E-state index is 13.4. The van der Waals surface area contributed by atoms with Crippen molar-refractivity contribution >= 4 is 34.6 Å². The molecular formula is C25H21FN2OS. The SMILES string of the molecule is Cc1ccc(C)c(CSC2=N/C(=C\c3ccccc3)C(=O)N2c2ccc(F)cc2)c1. The van der Waals surface area contributed by atoms with Crippen molar-refractivity contribution in [2.75, 3.05) is 4.90 Å². The van der Waals surface area contributed by atoms with Crippen LogP contribution in [-0.2, 0) is 10.5 Å². The average molecular weight is 417 g/mol. The molecule has 0 N–H and O–H groups in total. The van der Waals surface area contributed by atoms with Gasteiger partial charge in [-0.15, -0.1) is 0 Å². The minimum atomic E-state index is -0.341. The summed E-state index contributed by atoms with van der Waals surface area (Å²) in [5.41, 5.74) is 5.48. The van der Waals surface area contributed by atoms with E-state index in [2.05, 4.69) is 37.0 Å². The molecule has 1 heterocycles. The molecule has 3 nitrogen and oxygen atoms in total. The molecule has 30 heavy (non-hydrogen) atoms. The highest BCUT2D eigenvalue weighted by Gasteiger charge is 2.32. The van der Waals surface area contributed by atoms with Gasteiger partial charge in [-0.2, -0.15) is 0 Å². The van der Waals surface area contributed by atoms with Gasteiger partial charge in [0.1, 0.15) is 11.5 Å². The van der Waals surface area contributed by atoms with E-state index in [1.165, 1.54) is 40.6 Å². The molecule has 3 aromatic carbocycles. The molecule has 0 spiro atoms. The van der Waals surface area contributed by atoms with Crippen molar-refractivity contribution in [1.82, 2.24) is 0 Å². The molecular weight excluding hydrogens is 395 g/mol. The van der Waals surface area contributed by atoms with Crippen LogP contribution in [0.2, 0.25) is 0 Å². The summed E-state index contributed by atoms with van der Waals surface area (Å²) < 4.78 is 13.4. The Morgan fingerprint density at radius 3 is 2.47 bits per heavy atom. The van der Waals surface area contributed by atoms with E-state index in [9.17, 15) is 9.18 Å². The highest BCUT2D eigenvalue weighted by molar-refractivity contribution is 8.13. The fraction of sp³-hybridized carbons (Fsp3) is 0.120. The fourth-order valence-electron chi connectivity index (χ4n) is 3.22. The van der Waals surface area contributed by atoms with Crippen molar-refractivity contribution in [2.24, 2.45) is 4.99 Å². The Morgan fingerprint density at radius 2 is 1.73 bits per heavy atom. The van der Waals surface area contributed by atoms with Crippen LogP contribution in [0.1, 0.15) is 22.3 Å². The first kappa shape index (κ1) is 20.1. The molecule has 1 aliphatic rings. The highest BCUT2D eigenvalue weighted by Crippen LogP contribution is 2.31. The summed E-state index contributed by atoms with van der Waals surface area (Å²) in [5.74, 6) is 0.136. The Hall–Kier alpha value is -3.18. The highest BCUT2D eigenvalue weighted by atomic mass is 32.2. The van der Waals surface area contributed by atoms with Gasteiger partial charge >= 0.3 is 0 Å². The number of nitrogens with zero attached hydrogens (tertiary/aromatic N) is 2. The molecule has 0 saturated heterocycles. The van der Waals surface area contributed by atoms with Crippen LogP contribution in [-0.4, -0.2) is 11.1 Å². The number of halogens is 1. The summed E-state index contributed by atoms with van der Waals surface area (Å²) in [5, 5.41) is 0.592. The molecule has 3 aromatic rings. The zero-order valence-electron chi connectivity index (χ0n) is 16.8. The molecule has 0 atom stereocenters. The van der Waals surface area contributed by atoms with Crippen LogP contribution < -0.4 is 4.90 Å². The van der Waals surface area contributed by atoms with Crippen LogP contribution in [0.5, 0.6) is 0 Å². The fourth-order valence-corrected chi connectivity index (χ4v) is 4.29. The molecule has 4 rings (SSSR count). The first-order valence-electron chi connectivity index (χ1n) is 9.65. The van der Waals surface area contributed by atoms with Gasteiger partial charge in [-0.05, 0) is 60.9 Å². The van der Waals surface area contributed by atoms with Gasteiger partial charge < -0.3 is 0 Å². The summed E-state index contributed by atoms with van der Waals surface area (Å²) >= 11 is 1.51. The van der Waals surface area contributed by atoms with Gasteiger partial charge in [0.2, 0.25) is 0 Å². The van der Waals surface area contributed by atoms with Crippen molar-refractivity contribution in [1.29, 1.82) is 0 Å². The topological polar surface area (TPSA) is 32.7 Å². The number of amides is 1. The number of anilines is 1. The van der Waals surface area contributed by atoms with Gasteiger partial charge in [0, 0.05) is 5.75 Å². The van der Waals surface area contributed by atoms with Gasteiger partial charge in [0.25, 0.3) is 5.91 Å². The second-order valence-electron chi connectivity index (χ2n) is 7.17. The third kappa shape index (κ3) is 4.36. The smallest absolute Gasteiger partial charge is 0.266 e. The number of rotatable bonds is 4. The molecule has 0 aromatic heterocycles. The molecule has 5 heteroatoms. The predicted molar refractivity (Wildman–Crippen MR) is 123 cm³/mol. The third-order valence-electron chi connectivity index (χ3n) is 4.88. The number of hydrogen-bond acceptors (Lipinski definition) is 3. The van der Waals surface area contributed by atoms with Gasteiger partial charge in [0.15, 0.2) is 5.17 Å². The van der Waals surface area contributed by atoms with Gasteiger partial charge in [-0.25, -0.2) is 9.38 Å². The number of thioether (sulfide) groups is 1. The number of aliphatic imine (C=N–C) groups is 1. The number of carbonyl (C=O) groups is 1. The molecule has 1 aliphatic heterocycles. The van der Waals surface area contributed by atoms with E-state index < -0.39 is 0 Å². The lowest BCUT2D eigenvalue weighted by Crippen LogP contribution is -2.30. The van der Waals surface area contributed by atoms with Crippen molar-refractivity contribution in [3.8, 4) is 0 Å². The Labute approximate surface area is 180 Å². The summed E-state index contributed by atoms with van der Waals surface area (Å²) in [6.07, 6.45) is 1.78. The first-order chi connectivity index (χ1) is 14.5. The van der Waals surface area contributed by atoms with Gasteiger partial charge in [-0.1, -0.05) is 65.9 Å². The zero-order chi connectivity index (χ0) is 21.1. The van der Waals surface area contributed by atoms with E-state index in [0.29, 0.717) is 22.3 Å². The second kappa shape index (κ2) is 8.67. The van der Waals surface area contributed by atoms with Crippen molar-refractivity contribution in [2.45, 2.75) is 19.6 Å². The predicted octanol–water partition coefficient (Wildman–Crippen LogP) is 6.12. The quantitative estimate of drug-likeness (QED) is 0.480. The van der Waals surface area contributed by atoms with E-state index in [1.807, 2.05) is 30.3 Å². The standard InChI is InChI=1S/C25H21FN2OS/c1-17-8-9-18(2)20(14-17)16-30-25-27-23(15-19-6-4-3-5-7-19)24(29)28(25)22-12-10-21(26)11-13-22/h3-15H,16H2,1-2H3/b23-15-. The lowest BCUT2D eigenvalue weighted by molar-refractivity contribution is -0.113. The van der Waals surface area contributed by atoms with Crippen LogP contribution in [0.4, 0.5) is 10.1 Å². The number of aryl methyl sites for hydroxylation is 2. The lowest BCUT2D eigenvalue weighted by atomic mass is 10.1. The third-order valence-corrected chi connectivity index (χ3v) is 5.87. The molecule has 0 aliphatic carbocycles. The van der Waals surface area contributed by atoms with E-state index in [0.717, 1.165) is 5.56 Å². The maximum Gasteiger partial charge on any atom is 0.283 e. The largest absolute Gasteiger partial charge is 0.283 e. The minimum Gasteiger partial charge on any atom is -0.266 e. The van der Waals surface area contributed by atoms with E-state index >= 15 is 0 Å². The summed E-state index contributed by atoms with van der Waals surface area (Å²) in [6.45, 7) is 4.14. The summed E-state index contributed by atoms with van der Waals surface area (Å²) in [7, 11) is 0. The van der Waals surface area contributed by atoms with Crippen LogP contribution in [0.25, 0.3) is 6.08 Å². The first-order valence-corrected chi connectivity index (χ1v) is 10.6. The molecule has 0 unspecified atom stereocenters. The monoisotopic (exact) mass is 416 g/mol. The summed E-state index contributed by atoms with van der Waals surface area (Å²) in [6, 6.07) is 21.9. The zero-order valence-corrected chi connectivity index (χ0v) is 17.6. The van der Waals surface area contributed by atoms with E-state index in [-0.39, 0.29) is 11.7 Å². The molecule has 0 radical (unpaired) electrons. The van der Waals surface area contributed by atoms with Crippen LogP contribution >= 0.6 is 11.8 Å². The number of carbonyl (C=O) groups excluding carboxylic acids is 1. The maximum absolute atomic E-state index is 13.4. The van der Waals surface area contributed by atoms with Crippen LogP contribution in [0.3, 0.4) is 0 Å². The Kier molecular flexibility index (Phi) is 5.81. The normalized spacial score (nSPS) is 15.0. The molecule has 150 valence electrons. The lowest BCUT2D eigenvalue weighted by Gasteiger charge is -2.18. The molecule has 0 bridgehead atoms. The second-order valence-corrected chi connectivity index (χ2v) is 8.11. The molecule has 0 saturated carbocycles. The Balaban J connectivity index is 1.67.